The van der Waals surface area contributed by atoms with Crippen LogP contribution in [0.1, 0.15) is 18.9 Å². The highest BCUT2D eigenvalue weighted by molar-refractivity contribution is 5.82. The van der Waals surface area contributed by atoms with Crippen LogP contribution in [0.15, 0.2) is 18.2 Å². The number of halogens is 2. The fourth-order valence-corrected chi connectivity index (χ4v) is 1.54. The number of rotatable bonds is 6. The molecule has 1 atom stereocenters. The van der Waals surface area contributed by atoms with E-state index in [4.69, 9.17) is 4.74 Å². The first-order chi connectivity index (χ1) is 8.02. The van der Waals surface area contributed by atoms with Gasteiger partial charge in [0.2, 0.25) is 0 Å². The first-order valence-corrected chi connectivity index (χ1v) is 5.49. The average Bonchev–Trinajstić information content (AvgIpc) is 2.24. The molecular formula is C13H16F2O2. The van der Waals surface area contributed by atoms with Crippen molar-refractivity contribution in [3.05, 3.63) is 35.4 Å². The van der Waals surface area contributed by atoms with Gasteiger partial charge in [-0.05, 0) is 24.1 Å². The van der Waals surface area contributed by atoms with E-state index >= 15 is 0 Å². The molecule has 0 saturated carbocycles. The zero-order valence-electron chi connectivity index (χ0n) is 10.0. The average molecular weight is 242 g/mol. The Bertz CT molecular complexity index is 371. The molecule has 0 saturated heterocycles. The maximum atomic E-state index is 12.9. The number of carbonyl (C=O) groups is 1. The van der Waals surface area contributed by atoms with Gasteiger partial charge >= 0.3 is 0 Å². The lowest BCUT2D eigenvalue weighted by Gasteiger charge is -2.09. The van der Waals surface area contributed by atoms with Crippen molar-refractivity contribution in [1.82, 2.24) is 0 Å². The van der Waals surface area contributed by atoms with E-state index in [1.807, 2.05) is 0 Å². The Hall–Kier alpha value is -1.29. The second kappa shape index (κ2) is 6.45. The molecule has 1 unspecified atom stereocenters. The van der Waals surface area contributed by atoms with E-state index in [0.717, 1.165) is 6.07 Å². The van der Waals surface area contributed by atoms with Gasteiger partial charge in [-0.15, -0.1) is 0 Å². The number of Topliss-reactive ketones (excluding diaryl/α,β-unsaturated/α-hetero) is 1. The fraction of sp³-hybridized carbons (Fsp3) is 0.462. The van der Waals surface area contributed by atoms with Gasteiger partial charge in [-0.25, -0.2) is 8.78 Å². The van der Waals surface area contributed by atoms with Crippen molar-refractivity contribution in [3.63, 3.8) is 0 Å². The standard InChI is InChI=1S/C13H16F2O2/c1-9(3-4-17-2)13(16)7-10-5-11(14)8-12(15)6-10/h5-6,8-9H,3-4,7H2,1-2H3. The highest BCUT2D eigenvalue weighted by Crippen LogP contribution is 2.12. The SMILES string of the molecule is COCCC(C)C(=O)Cc1cc(F)cc(F)c1. The summed E-state index contributed by atoms with van der Waals surface area (Å²) in [6.45, 7) is 2.29. The van der Waals surface area contributed by atoms with Crippen LogP contribution in [0, 0.1) is 17.6 Å². The third-order valence-corrected chi connectivity index (χ3v) is 2.61. The summed E-state index contributed by atoms with van der Waals surface area (Å²) >= 11 is 0. The largest absolute Gasteiger partial charge is 0.385 e. The summed E-state index contributed by atoms with van der Waals surface area (Å²) in [5.41, 5.74) is 0.372. The Morgan fingerprint density at radius 2 is 1.88 bits per heavy atom. The van der Waals surface area contributed by atoms with Crippen LogP contribution < -0.4 is 0 Å². The molecule has 0 aliphatic carbocycles. The molecule has 0 fully saturated rings. The smallest absolute Gasteiger partial charge is 0.140 e. The van der Waals surface area contributed by atoms with E-state index in [2.05, 4.69) is 0 Å². The highest BCUT2D eigenvalue weighted by Gasteiger charge is 2.14. The van der Waals surface area contributed by atoms with Crippen LogP contribution in [0.2, 0.25) is 0 Å². The number of hydrogen-bond donors (Lipinski definition) is 0. The van der Waals surface area contributed by atoms with Crippen LogP contribution in [0.4, 0.5) is 8.78 Å². The minimum Gasteiger partial charge on any atom is -0.385 e. The van der Waals surface area contributed by atoms with E-state index in [0.29, 0.717) is 18.6 Å². The lowest BCUT2D eigenvalue weighted by atomic mass is 9.97. The monoisotopic (exact) mass is 242 g/mol. The first-order valence-electron chi connectivity index (χ1n) is 5.49. The summed E-state index contributed by atoms with van der Waals surface area (Å²) in [4.78, 5) is 11.7. The molecule has 17 heavy (non-hydrogen) atoms. The number of ketones is 1. The number of ether oxygens (including phenoxy) is 1. The Morgan fingerprint density at radius 1 is 1.29 bits per heavy atom. The molecule has 0 aliphatic rings. The summed E-state index contributed by atoms with van der Waals surface area (Å²) in [5.74, 6) is -1.51. The zero-order chi connectivity index (χ0) is 12.8. The van der Waals surface area contributed by atoms with Gasteiger partial charge in [-0.2, -0.15) is 0 Å². The summed E-state index contributed by atoms with van der Waals surface area (Å²) in [6, 6.07) is 3.16. The summed E-state index contributed by atoms with van der Waals surface area (Å²) < 4.78 is 30.7. The molecule has 1 aromatic rings. The predicted molar refractivity (Wildman–Crippen MR) is 60.7 cm³/mol. The molecule has 0 radical (unpaired) electrons. The zero-order valence-corrected chi connectivity index (χ0v) is 10.0. The molecule has 2 nitrogen and oxygen atoms in total. The van der Waals surface area contributed by atoms with Crippen LogP contribution in [0.5, 0.6) is 0 Å². The van der Waals surface area contributed by atoms with Gasteiger partial charge in [-0.1, -0.05) is 6.92 Å². The summed E-state index contributed by atoms with van der Waals surface area (Å²) in [7, 11) is 1.57. The lowest BCUT2D eigenvalue weighted by Crippen LogP contribution is -2.15. The van der Waals surface area contributed by atoms with Gasteiger partial charge in [-0.3, -0.25) is 4.79 Å². The normalized spacial score (nSPS) is 12.5. The van der Waals surface area contributed by atoms with E-state index in [1.54, 1.807) is 14.0 Å². The third kappa shape index (κ3) is 4.61. The quantitative estimate of drug-likeness (QED) is 0.766. The van der Waals surface area contributed by atoms with Gasteiger partial charge in [0.25, 0.3) is 0 Å². The number of methoxy groups -OCH3 is 1. The van der Waals surface area contributed by atoms with Crippen LogP contribution in [-0.4, -0.2) is 19.5 Å². The van der Waals surface area contributed by atoms with Gasteiger partial charge in [0.15, 0.2) is 0 Å². The molecule has 4 heteroatoms. The molecule has 0 N–H and O–H groups in total. The molecule has 1 aromatic carbocycles. The molecule has 0 aliphatic heterocycles. The molecule has 94 valence electrons. The van der Waals surface area contributed by atoms with Gasteiger partial charge in [0.1, 0.15) is 17.4 Å². The van der Waals surface area contributed by atoms with Crippen LogP contribution in [0.3, 0.4) is 0 Å². The van der Waals surface area contributed by atoms with Crippen molar-refractivity contribution in [3.8, 4) is 0 Å². The van der Waals surface area contributed by atoms with Crippen molar-refractivity contribution in [1.29, 1.82) is 0 Å². The van der Waals surface area contributed by atoms with Gasteiger partial charge < -0.3 is 4.74 Å². The Morgan fingerprint density at radius 3 is 2.41 bits per heavy atom. The van der Waals surface area contributed by atoms with Gasteiger partial charge in [0, 0.05) is 32.1 Å². The lowest BCUT2D eigenvalue weighted by molar-refractivity contribution is -0.122. The van der Waals surface area contributed by atoms with Crippen molar-refractivity contribution in [2.75, 3.05) is 13.7 Å². The van der Waals surface area contributed by atoms with E-state index in [9.17, 15) is 13.6 Å². The second-order valence-electron chi connectivity index (χ2n) is 4.10. The summed E-state index contributed by atoms with van der Waals surface area (Å²) in [5, 5.41) is 0. The molecular weight excluding hydrogens is 226 g/mol. The number of hydrogen-bond acceptors (Lipinski definition) is 2. The minimum atomic E-state index is -0.655. The van der Waals surface area contributed by atoms with E-state index < -0.39 is 11.6 Å². The highest BCUT2D eigenvalue weighted by atomic mass is 19.1. The van der Waals surface area contributed by atoms with Crippen molar-refractivity contribution in [2.24, 2.45) is 5.92 Å². The Kier molecular flexibility index (Phi) is 5.22. The second-order valence-corrected chi connectivity index (χ2v) is 4.10. The summed E-state index contributed by atoms with van der Waals surface area (Å²) in [6.07, 6.45) is 0.673. The molecule has 0 heterocycles. The maximum Gasteiger partial charge on any atom is 0.140 e. The molecule has 0 amide bonds. The molecule has 0 aromatic heterocycles. The molecule has 0 bridgehead atoms. The maximum absolute atomic E-state index is 12.9. The van der Waals surface area contributed by atoms with Crippen LogP contribution in [0.25, 0.3) is 0 Å². The van der Waals surface area contributed by atoms with Crippen LogP contribution in [-0.2, 0) is 16.0 Å². The number of carbonyl (C=O) groups excluding carboxylic acids is 1. The van der Waals surface area contributed by atoms with Gasteiger partial charge in [0.05, 0.1) is 0 Å². The third-order valence-electron chi connectivity index (χ3n) is 2.61. The van der Waals surface area contributed by atoms with Crippen molar-refractivity contribution < 1.29 is 18.3 Å². The Balaban J connectivity index is 2.61. The van der Waals surface area contributed by atoms with Crippen LogP contribution >= 0.6 is 0 Å². The molecule has 1 rings (SSSR count). The van der Waals surface area contributed by atoms with E-state index in [1.165, 1.54) is 12.1 Å². The van der Waals surface area contributed by atoms with Crippen molar-refractivity contribution >= 4 is 5.78 Å². The predicted octanol–water partition coefficient (Wildman–Crippen LogP) is 2.75. The Labute approximate surface area is 99.6 Å². The minimum absolute atomic E-state index is 0.0351. The topological polar surface area (TPSA) is 26.3 Å². The number of benzene rings is 1. The molecule has 0 spiro atoms. The van der Waals surface area contributed by atoms with E-state index in [-0.39, 0.29) is 18.1 Å². The first kappa shape index (κ1) is 13.8. The fourth-order valence-electron chi connectivity index (χ4n) is 1.54. The van der Waals surface area contributed by atoms with Crippen molar-refractivity contribution in [2.45, 2.75) is 19.8 Å².